The molecule has 0 atom stereocenters. The molecule has 1 aliphatic rings. The third-order valence-electron chi connectivity index (χ3n) is 3.98. The van der Waals surface area contributed by atoms with Crippen LogP contribution in [0.4, 0.5) is 16.2 Å². The van der Waals surface area contributed by atoms with Gasteiger partial charge in [-0.05, 0) is 38.3 Å². The average molecular weight is 330 g/mol. The number of carbonyl (C=O) groups excluding carboxylic acids is 1. The quantitative estimate of drug-likeness (QED) is 0.645. The van der Waals surface area contributed by atoms with E-state index < -0.39 is 11.0 Å². The maximum absolute atomic E-state index is 12.1. The third-order valence-corrected chi connectivity index (χ3v) is 3.98. The molecule has 0 bridgehead atoms. The molecule has 2 amide bonds. The number of nitro groups is 1. The standard InChI is InChI=1S/C15H18N6O3/c1-9-5-10(2)13(21(23)24)6-12(9)18-15(22)16-7-14-19-17-8-20(14)11-3-4-11/h5-6,8,11H,3-4,7H2,1-2H3,(H2,16,18,22). The van der Waals surface area contributed by atoms with E-state index in [-0.39, 0.29) is 12.2 Å². The number of anilines is 1. The van der Waals surface area contributed by atoms with Gasteiger partial charge >= 0.3 is 6.03 Å². The van der Waals surface area contributed by atoms with Gasteiger partial charge in [0.25, 0.3) is 5.69 Å². The highest BCUT2D eigenvalue weighted by Gasteiger charge is 2.26. The van der Waals surface area contributed by atoms with Crippen LogP contribution in [-0.2, 0) is 6.54 Å². The molecule has 0 aliphatic heterocycles. The molecule has 9 nitrogen and oxygen atoms in total. The van der Waals surface area contributed by atoms with Gasteiger partial charge in [0, 0.05) is 17.7 Å². The van der Waals surface area contributed by atoms with E-state index in [1.54, 1.807) is 26.2 Å². The zero-order chi connectivity index (χ0) is 17.3. The lowest BCUT2D eigenvalue weighted by molar-refractivity contribution is -0.385. The number of hydrogen-bond acceptors (Lipinski definition) is 5. The minimum Gasteiger partial charge on any atom is -0.331 e. The Labute approximate surface area is 138 Å². The molecule has 1 aliphatic carbocycles. The Morgan fingerprint density at radius 3 is 2.79 bits per heavy atom. The summed E-state index contributed by atoms with van der Waals surface area (Å²) in [5.41, 5.74) is 1.70. The Balaban J connectivity index is 1.65. The van der Waals surface area contributed by atoms with Crippen LogP contribution in [0.1, 0.15) is 35.8 Å². The van der Waals surface area contributed by atoms with Crippen molar-refractivity contribution >= 4 is 17.4 Å². The zero-order valence-corrected chi connectivity index (χ0v) is 13.4. The fraction of sp³-hybridized carbons (Fsp3) is 0.400. The Kier molecular flexibility index (Phi) is 4.15. The molecule has 126 valence electrons. The lowest BCUT2D eigenvalue weighted by atomic mass is 10.1. The number of aromatic nitrogens is 3. The van der Waals surface area contributed by atoms with Crippen LogP contribution in [0.15, 0.2) is 18.5 Å². The van der Waals surface area contributed by atoms with Crippen molar-refractivity contribution in [2.75, 3.05) is 5.32 Å². The maximum atomic E-state index is 12.1. The second-order valence-corrected chi connectivity index (χ2v) is 5.90. The highest BCUT2D eigenvalue weighted by atomic mass is 16.6. The van der Waals surface area contributed by atoms with E-state index in [1.807, 2.05) is 4.57 Å². The van der Waals surface area contributed by atoms with Crippen LogP contribution in [0.3, 0.4) is 0 Å². The molecule has 1 saturated carbocycles. The van der Waals surface area contributed by atoms with Gasteiger partial charge in [0.2, 0.25) is 0 Å². The lowest BCUT2D eigenvalue weighted by Crippen LogP contribution is -2.29. The van der Waals surface area contributed by atoms with Crippen LogP contribution in [0.25, 0.3) is 0 Å². The van der Waals surface area contributed by atoms with Crippen LogP contribution in [-0.4, -0.2) is 25.7 Å². The van der Waals surface area contributed by atoms with Crippen LogP contribution in [0.5, 0.6) is 0 Å². The van der Waals surface area contributed by atoms with Crippen LogP contribution in [0.2, 0.25) is 0 Å². The van der Waals surface area contributed by atoms with Crippen molar-refractivity contribution in [1.29, 1.82) is 0 Å². The number of nitro benzene ring substituents is 1. The summed E-state index contributed by atoms with van der Waals surface area (Å²) >= 11 is 0. The van der Waals surface area contributed by atoms with Crippen LogP contribution in [0, 0.1) is 24.0 Å². The number of urea groups is 1. The van der Waals surface area contributed by atoms with Gasteiger partial charge in [0.15, 0.2) is 5.82 Å². The monoisotopic (exact) mass is 330 g/mol. The number of hydrogen-bond donors (Lipinski definition) is 2. The van der Waals surface area contributed by atoms with Crippen molar-refractivity contribution in [2.45, 2.75) is 39.3 Å². The molecular weight excluding hydrogens is 312 g/mol. The topological polar surface area (TPSA) is 115 Å². The summed E-state index contributed by atoms with van der Waals surface area (Å²) in [5, 5.41) is 24.2. The van der Waals surface area contributed by atoms with Crippen molar-refractivity contribution in [3.63, 3.8) is 0 Å². The molecule has 1 aromatic heterocycles. The summed E-state index contributed by atoms with van der Waals surface area (Å²) in [6, 6.07) is 3.04. The maximum Gasteiger partial charge on any atom is 0.319 e. The first-order valence-electron chi connectivity index (χ1n) is 7.64. The Morgan fingerprint density at radius 1 is 1.38 bits per heavy atom. The molecule has 2 aromatic rings. The number of nitrogens with one attached hydrogen (secondary N) is 2. The second-order valence-electron chi connectivity index (χ2n) is 5.90. The number of aryl methyl sites for hydroxylation is 2. The summed E-state index contributed by atoms with van der Waals surface area (Å²) in [5.74, 6) is 0.694. The summed E-state index contributed by atoms with van der Waals surface area (Å²) in [6.07, 6.45) is 3.87. The van der Waals surface area contributed by atoms with Crippen molar-refractivity contribution in [1.82, 2.24) is 20.1 Å². The molecule has 1 heterocycles. The normalized spacial score (nSPS) is 13.6. The summed E-state index contributed by atoms with van der Waals surface area (Å²) in [4.78, 5) is 22.6. The Hall–Kier alpha value is -2.97. The van der Waals surface area contributed by atoms with E-state index in [0.29, 0.717) is 23.1 Å². The van der Waals surface area contributed by atoms with Crippen molar-refractivity contribution in [3.05, 3.63) is 45.5 Å². The molecule has 0 saturated heterocycles. The van der Waals surface area contributed by atoms with Gasteiger partial charge in [-0.2, -0.15) is 0 Å². The smallest absolute Gasteiger partial charge is 0.319 e. The Morgan fingerprint density at radius 2 is 2.12 bits per heavy atom. The highest BCUT2D eigenvalue weighted by Crippen LogP contribution is 2.35. The first-order valence-corrected chi connectivity index (χ1v) is 7.64. The molecule has 0 unspecified atom stereocenters. The van der Waals surface area contributed by atoms with Gasteiger partial charge in [-0.1, -0.05) is 0 Å². The minimum absolute atomic E-state index is 0.0237. The molecule has 1 aromatic carbocycles. The van der Waals surface area contributed by atoms with E-state index in [4.69, 9.17) is 0 Å². The SMILES string of the molecule is Cc1cc(C)c([N+](=O)[O-])cc1NC(=O)NCc1nncn1C1CC1. The van der Waals surface area contributed by atoms with E-state index in [0.717, 1.165) is 18.4 Å². The third kappa shape index (κ3) is 3.34. The van der Waals surface area contributed by atoms with E-state index in [2.05, 4.69) is 20.8 Å². The second kappa shape index (κ2) is 6.26. The largest absolute Gasteiger partial charge is 0.331 e. The fourth-order valence-corrected chi connectivity index (χ4v) is 2.55. The van der Waals surface area contributed by atoms with Crippen LogP contribution < -0.4 is 10.6 Å². The van der Waals surface area contributed by atoms with Gasteiger partial charge in [0.05, 0.1) is 17.2 Å². The molecule has 2 N–H and O–H groups in total. The fourth-order valence-electron chi connectivity index (χ4n) is 2.55. The first-order chi connectivity index (χ1) is 11.5. The number of amides is 2. The molecule has 24 heavy (non-hydrogen) atoms. The molecule has 0 spiro atoms. The molecular formula is C15H18N6O3. The van der Waals surface area contributed by atoms with Crippen molar-refractivity contribution in [3.8, 4) is 0 Å². The van der Waals surface area contributed by atoms with Crippen molar-refractivity contribution in [2.24, 2.45) is 0 Å². The molecule has 0 radical (unpaired) electrons. The van der Waals surface area contributed by atoms with E-state index in [9.17, 15) is 14.9 Å². The molecule has 3 rings (SSSR count). The summed E-state index contributed by atoms with van der Waals surface area (Å²) in [6.45, 7) is 3.70. The predicted octanol–water partition coefficient (Wildman–Crippen LogP) is 2.46. The van der Waals surface area contributed by atoms with Crippen molar-refractivity contribution < 1.29 is 9.72 Å². The Bertz CT molecular complexity index is 797. The average Bonchev–Trinajstić information content (AvgIpc) is 3.26. The zero-order valence-electron chi connectivity index (χ0n) is 13.4. The number of rotatable bonds is 5. The van der Waals surface area contributed by atoms with Gasteiger partial charge < -0.3 is 15.2 Å². The highest BCUT2D eigenvalue weighted by molar-refractivity contribution is 5.90. The predicted molar refractivity (Wildman–Crippen MR) is 86.7 cm³/mol. The minimum atomic E-state index is -0.462. The van der Waals surface area contributed by atoms with E-state index >= 15 is 0 Å². The first kappa shape index (κ1) is 15.9. The summed E-state index contributed by atoms with van der Waals surface area (Å²) in [7, 11) is 0. The number of benzene rings is 1. The van der Waals surface area contributed by atoms with Gasteiger partial charge in [-0.3, -0.25) is 10.1 Å². The van der Waals surface area contributed by atoms with Gasteiger partial charge in [0.1, 0.15) is 6.33 Å². The molecule has 1 fully saturated rings. The van der Waals surface area contributed by atoms with E-state index in [1.165, 1.54) is 6.07 Å². The van der Waals surface area contributed by atoms with Gasteiger partial charge in [-0.15, -0.1) is 10.2 Å². The number of carbonyl (C=O) groups is 1. The lowest BCUT2D eigenvalue weighted by Gasteiger charge is -2.11. The van der Waals surface area contributed by atoms with Gasteiger partial charge in [-0.25, -0.2) is 4.79 Å². The molecule has 9 heteroatoms. The van der Waals surface area contributed by atoms with Crippen LogP contribution >= 0.6 is 0 Å². The summed E-state index contributed by atoms with van der Waals surface area (Å²) < 4.78 is 1.96. The number of nitrogens with zero attached hydrogens (tertiary/aromatic N) is 4.